The maximum Gasteiger partial charge on any atom is 0.0566 e. The summed E-state index contributed by atoms with van der Waals surface area (Å²) in [7, 11) is 0. The number of aliphatic hydroxyl groups excluding tert-OH is 1. The van der Waals surface area contributed by atoms with Crippen molar-refractivity contribution in [2.75, 3.05) is 0 Å². The van der Waals surface area contributed by atoms with Crippen molar-refractivity contribution in [3.63, 3.8) is 0 Å². The lowest BCUT2D eigenvalue weighted by molar-refractivity contribution is 0.194. The Hall–Kier alpha value is -1.28. The van der Waals surface area contributed by atoms with E-state index in [0.717, 1.165) is 11.2 Å². The highest BCUT2D eigenvalue weighted by atomic mass is 16.3. The first-order valence-electron chi connectivity index (χ1n) is 4.50. The molecule has 0 saturated carbocycles. The second kappa shape index (κ2) is 3.23. The summed E-state index contributed by atoms with van der Waals surface area (Å²) in [5.41, 5.74) is 2.23. The van der Waals surface area contributed by atoms with Gasteiger partial charge < -0.3 is 10.1 Å². The van der Waals surface area contributed by atoms with Gasteiger partial charge >= 0.3 is 0 Å². The summed E-state index contributed by atoms with van der Waals surface area (Å²) in [6, 6.07) is 10.2. The molecule has 13 heavy (non-hydrogen) atoms. The molecular weight excluding hydrogens is 162 g/mol. The molecule has 0 aliphatic heterocycles. The topological polar surface area (TPSA) is 36.0 Å². The Morgan fingerprint density at radius 3 is 2.85 bits per heavy atom. The van der Waals surface area contributed by atoms with Crippen LogP contribution in [0.2, 0.25) is 0 Å². The molecule has 68 valence electrons. The van der Waals surface area contributed by atoms with E-state index < -0.39 is 0 Å². The molecule has 0 aliphatic carbocycles. The number of fused-ring (bicyclic) bond motifs is 1. The summed E-state index contributed by atoms with van der Waals surface area (Å²) in [4.78, 5) is 3.27. The molecule has 2 nitrogen and oxygen atoms in total. The smallest absolute Gasteiger partial charge is 0.0566 e. The predicted molar refractivity (Wildman–Crippen MR) is 53.7 cm³/mol. The number of H-pyrrole nitrogens is 1. The third kappa shape index (κ3) is 1.73. The molecule has 0 unspecified atom stereocenters. The van der Waals surface area contributed by atoms with Gasteiger partial charge in [-0.25, -0.2) is 0 Å². The van der Waals surface area contributed by atoms with Gasteiger partial charge in [0.2, 0.25) is 0 Å². The van der Waals surface area contributed by atoms with Gasteiger partial charge in [0.25, 0.3) is 0 Å². The number of benzene rings is 1. The molecule has 2 heteroatoms. The summed E-state index contributed by atoms with van der Waals surface area (Å²) in [5.74, 6) is 0. The molecule has 2 rings (SSSR count). The largest absolute Gasteiger partial charge is 0.393 e. The van der Waals surface area contributed by atoms with Crippen LogP contribution in [0.25, 0.3) is 10.9 Å². The summed E-state index contributed by atoms with van der Waals surface area (Å²) < 4.78 is 0. The summed E-state index contributed by atoms with van der Waals surface area (Å²) in [6.45, 7) is 1.80. The minimum atomic E-state index is -0.284. The summed E-state index contributed by atoms with van der Waals surface area (Å²) >= 11 is 0. The van der Waals surface area contributed by atoms with E-state index in [1.54, 1.807) is 6.92 Å². The molecule has 0 amide bonds. The van der Waals surface area contributed by atoms with Gasteiger partial charge in [-0.1, -0.05) is 18.2 Å². The van der Waals surface area contributed by atoms with E-state index in [1.807, 2.05) is 18.2 Å². The zero-order valence-electron chi connectivity index (χ0n) is 7.62. The van der Waals surface area contributed by atoms with E-state index in [2.05, 4.69) is 17.1 Å². The lowest BCUT2D eigenvalue weighted by Gasteiger charge is -1.99. The molecule has 0 aliphatic rings. The fourth-order valence-electron chi connectivity index (χ4n) is 1.56. The van der Waals surface area contributed by atoms with E-state index >= 15 is 0 Å². The second-order valence-corrected chi connectivity index (χ2v) is 3.43. The number of rotatable bonds is 2. The number of nitrogens with one attached hydrogen (secondary N) is 1. The standard InChI is InChI=1S/C11H13NO/c1-8(13)6-10-7-9-4-2-3-5-11(9)12-10/h2-5,7-8,12-13H,6H2,1H3/t8-/m0/s1. The zero-order valence-corrected chi connectivity index (χ0v) is 7.62. The van der Waals surface area contributed by atoms with E-state index in [4.69, 9.17) is 0 Å². The molecule has 0 saturated heterocycles. The van der Waals surface area contributed by atoms with Crippen molar-refractivity contribution < 1.29 is 5.11 Å². The third-order valence-corrected chi connectivity index (χ3v) is 2.10. The summed E-state index contributed by atoms with van der Waals surface area (Å²) in [5, 5.41) is 10.4. The molecule has 2 aromatic rings. The molecule has 0 radical (unpaired) electrons. The van der Waals surface area contributed by atoms with Gasteiger partial charge in [-0.3, -0.25) is 0 Å². The molecule has 2 N–H and O–H groups in total. The molecule has 1 heterocycles. The van der Waals surface area contributed by atoms with Crippen LogP contribution in [-0.4, -0.2) is 16.2 Å². The maximum absolute atomic E-state index is 9.21. The van der Waals surface area contributed by atoms with Crippen LogP contribution in [0.3, 0.4) is 0 Å². The van der Waals surface area contributed by atoms with Gasteiger partial charge in [0.15, 0.2) is 0 Å². The normalized spacial score (nSPS) is 13.4. The Bertz CT molecular complexity index is 370. The van der Waals surface area contributed by atoms with Gasteiger partial charge in [0.1, 0.15) is 0 Å². The number of aliphatic hydroxyl groups is 1. The number of aromatic nitrogens is 1. The van der Waals surface area contributed by atoms with Crippen LogP contribution in [-0.2, 0) is 6.42 Å². The number of hydrogen-bond donors (Lipinski definition) is 2. The highest BCUT2D eigenvalue weighted by Gasteiger charge is 2.02. The predicted octanol–water partition coefficient (Wildman–Crippen LogP) is 2.09. The number of para-hydroxylation sites is 1. The second-order valence-electron chi connectivity index (χ2n) is 3.43. The molecule has 1 aromatic carbocycles. The van der Waals surface area contributed by atoms with Crippen molar-refractivity contribution in [2.45, 2.75) is 19.4 Å². The van der Waals surface area contributed by atoms with Gasteiger partial charge in [-0.05, 0) is 24.4 Å². The van der Waals surface area contributed by atoms with Crippen LogP contribution in [0.15, 0.2) is 30.3 Å². The van der Waals surface area contributed by atoms with Gasteiger partial charge in [-0.15, -0.1) is 0 Å². The molecule has 0 fully saturated rings. The first-order chi connectivity index (χ1) is 6.25. The van der Waals surface area contributed by atoms with Crippen molar-refractivity contribution >= 4 is 10.9 Å². The summed E-state index contributed by atoms with van der Waals surface area (Å²) in [6.07, 6.45) is 0.405. The Morgan fingerprint density at radius 1 is 1.38 bits per heavy atom. The van der Waals surface area contributed by atoms with Gasteiger partial charge in [0, 0.05) is 17.6 Å². The first kappa shape index (κ1) is 8.32. The number of aromatic amines is 1. The minimum absolute atomic E-state index is 0.284. The minimum Gasteiger partial charge on any atom is -0.393 e. The van der Waals surface area contributed by atoms with Crippen molar-refractivity contribution in [3.8, 4) is 0 Å². The highest BCUT2D eigenvalue weighted by molar-refractivity contribution is 5.80. The van der Waals surface area contributed by atoms with Gasteiger partial charge in [-0.2, -0.15) is 0 Å². The third-order valence-electron chi connectivity index (χ3n) is 2.10. The SMILES string of the molecule is C[C@H](O)Cc1cc2ccccc2[nH]1. The van der Waals surface area contributed by atoms with Crippen LogP contribution in [0.5, 0.6) is 0 Å². The molecule has 1 atom stereocenters. The van der Waals surface area contributed by atoms with Crippen molar-refractivity contribution in [1.82, 2.24) is 4.98 Å². The van der Waals surface area contributed by atoms with Gasteiger partial charge in [0.05, 0.1) is 6.10 Å². The van der Waals surface area contributed by atoms with Crippen molar-refractivity contribution in [2.24, 2.45) is 0 Å². The van der Waals surface area contributed by atoms with Crippen molar-refractivity contribution in [1.29, 1.82) is 0 Å². The van der Waals surface area contributed by atoms with E-state index in [-0.39, 0.29) is 6.10 Å². The lowest BCUT2D eigenvalue weighted by atomic mass is 10.2. The Morgan fingerprint density at radius 2 is 2.15 bits per heavy atom. The molecular formula is C11H13NO. The van der Waals surface area contributed by atoms with Crippen LogP contribution in [0, 0.1) is 0 Å². The first-order valence-corrected chi connectivity index (χ1v) is 4.50. The average molecular weight is 175 g/mol. The maximum atomic E-state index is 9.21. The van der Waals surface area contributed by atoms with Crippen molar-refractivity contribution in [3.05, 3.63) is 36.0 Å². The Labute approximate surface area is 77.2 Å². The molecule has 0 spiro atoms. The van der Waals surface area contributed by atoms with Crippen LogP contribution in [0.4, 0.5) is 0 Å². The Balaban J connectivity index is 2.38. The lowest BCUT2D eigenvalue weighted by Crippen LogP contribution is -2.03. The van der Waals surface area contributed by atoms with Crippen LogP contribution < -0.4 is 0 Å². The monoisotopic (exact) mass is 175 g/mol. The van der Waals surface area contributed by atoms with E-state index in [9.17, 15) is 5.11 Å². The Kier molecular flexibility index (Phi) is 2.07. The van der Waals surface area contributed by atoms with E-state index in [0.29, 0.717) is 6.42 Å². The molecule has 1 aromatic heterocycles. The van der Waals surface area contributed by atoms with E-state index in [1.165, 1.54) is 5.39 Å². The van der Waals surface area contributed by atoms with Crippen LogP contribution in [0.1, 0.15) is 12.6 Å². The average Bonchev–Trinajstić information content (AvgIpc) is 2.44. The quantitative estimate of drug-likeness (QED) is 0.720. The molecule has 0 bridgehead atoms. The fourth-order valence-corrected chi connectivity index (χ4v) is 1.56. The van der Waals surface area contributed by atoms with Crippen LogP contribution >= 0.6 is 0 Å². The zero-order chi connectivity index (χ0) is 9.26. The number of hydrogen-bond acceptors (Lipinski definition) is 1. The highest BCUT2D eigenvalue weighted by Crippen LogP contribution is 2.15. The fraction of sp³-hybridized carbons (Fsp3) is 0.273.